The molecule has 6 heteroatoms. The highest BCUT2D eigenvalue weighted by Crippen LogP contribution is 2.13. The molecule has 6 nitrogen and oxygen atoms in total. The Hall–Kier alpha value is -2.24. The van der Waals surface area contributed by atoms with E-state index in [2.05, 4.69) is 4.74 Å². The van der Waals surface area contributed by atoms with Crippen molar-refractivity contribution in [3.8, 4) is 5.75 Å². The maximum atomic E-state index is 11.8. The first kappa shape index (κ1) is 15.8. The van der Waals surface area contributed by atoms with E-state index in [4.69, 9.17) is 10.5 Å². The van der Waals surface area contributed by atoms with Crippen LogP contribution in [0.4, 0.5) is 5.69 Å². The maximum Gasteiger partial charge on any atom is 0.305 e. The van der Waals surface area contributed by atoms with Gasteiger partial charge >= 0.3 is 5.97 Å². The lowest BCUT2D eigenvalue weighted by atomic mass is 10.3. The fourth-order valence-electron chi connectivity index (χ4n) is 1.51. The summed E-state index contributed by atoms with van der Waals surface area (Å²) in [5, 5.41) is 0. The van der Waals surface area contributed by atoms with E-state index in [1.54, 1.807) is 31.3 Å². The average molecular weight is 280 g/mol. The summed E-state index contributed by atoms with van der Waals surface area (Å²) in [4.78, 5) is 24.3. The van der Waals surface area contributed by atoms with E-state index < -0.39 is 0 Å². The number of hydrogen-bond donors (Lipinski definition) is 1. The third-order valence-corrected chi connectivity index (χ3v) is 2.77. The monoisotopic (exact) mass is 280 g/mol. The quantitative estimate of drug-likeness (QED) is 0.596. The van der Waals surface area contributed by atoms with E-state index >= 15 is 0 Å². The molecule has 1 aromatic carbocycles. The number of nitrogens with zero attached hydrogens (tertiary/aromatic N) is 1. The highest BCUT2D eigenvalue weighted by Gasteiger charge is 2.10. The third kappa shape index (κ3) is 5.60. The number of nitrogen functional groups attached to an aromatic ring is 1. The largest absolute Gasteiger partial charge is 0.484 e. The molecule has 0 aliphatic carbocycles. The molecular weight excluding hydrogens is 260 g/mol. The Morgan fingerprint density at radius 2 is 1.90 bits per heavy atom. The van der Waals surface area contributed by atoms with Crippen molar-refractivity contribution < 1.29 is 19.1 Å². The number of rotatable bonds is 7. The second-order valence-corrected chi connectivity index (χ2v) is 4.35. The zero-order valence-corrected chi connectivity index (χ0v) is 11.8. The van der Waals surface area contributed by atoms with Crippen molar-refractivity contribution in [3.63, 3.8) is 0 Å². The van der Waals surface area contributed by atoms with Crippen molar-refractivity contribution in [1.82, 2.24) is 4.90 Å². The first-order chi connectivity index (χ1) is 9.52. The fraction of sp³-hybridized carbons (Fsp3) is 0.429. The highest BCUT2D eigenvalue weighted by molar-refractivity contribution is 5.77. The van der Waals surface area contributed by atoms with Crippen molar-refractivity contribution in [3.05, 3.63) is 24.3 Å². The van der Waals surface area contributed by atoms with Gasteiger partial charge in [-0.3, -0.25) is 9.59 Å². The number of esters is 1. The molecule has 2 N–H and O–H groups in total. The zero-order valence-electron chi connectivity index (χ0n) is 11.8. The average Bonchev–Trinajstić information content (AvgIpc) is 2.45. The molecule has 0 heterocycles. The molecule has 0 aliphatic heterocycles. The van der Waals surface area contributed by atoms with Gasteiger partial charge in [-0.2, -0.15) is 0 Å². The van der Waals surface area contributed by atoms with Gasteiger partial charge < -0.3 is 20.1 Å². The van der Waals surface area contributed by atoms with Crippen molar-refractivity contribution in [1.29, 1.82) is 0 Å². The van der Waals surface area contributed by atoms with Crippen LogP contribution in [0.3, 0.4) is 0 Å². The molecule has 1 rings (SSSR count). The number of likely N-dealkylation sites (N-methyl/N-ethyl adjacent to an activating group) is 1. The molecule has 0 aromatic heterocycles. The van der Waals surface area contributed by atoms with Crippen molar-refractivity contribution in [2.75, 3.05) is 33.0 Å². The summed E-state index contributed by atoms with van der Waals surface area (Å²) in [5.41, 5.74) is 6.20. The van der Waals surface area contributed by atoms with E-state index in [-0.39, 0.29) is 18.5 Å². The molecule has 0 bridgehead atoms. The van der Waals surface area contributed by atoms with Crippen LogP contribution in [0.5, 0.6) is 5.75 Å². The lowest BCUT2D eigenvalue weighted by molar-refractivity contribution is -0.141. The minimum absolute atomic E-state index is 0.0430. The summed E-state index contributed by atoms with van der Waals surface area (Å²) in [5.74, 6) is 0.172. The number of carbonyl (C=O) groups excluding carboxylic acids is 2. The number of benzene rings is 1. The van der Waals surface area contributed by atoms with Crippen molar-refractivity contribution >= 4 is 17.6 Å². The van der Waals surface area contributed by atoms with E-state index in [9.17, 15) is 9.59 Å². The lowest BCUT2D eigenvalue weighted by Gasteiger charge is -2.17. The SMILES string of the molecule is COC(=O)CCCN(C)C(=O)COc1ccc(N)cc1. The van der Waals surface area contributed by atoms with E-state index in [0.29, 0.717) is 30.8 Å². The molecule has 0 saturated carbocycles. The summed E-state index contributed by atoms with van der Waals surface area (Å²) in [6, 6.07) is 6.83. The van der Waals surface area contributed by atoms with Crippen LogP contribution in [0.25, 0.3) is 0 Å². The minimum Gasteiger partial charge on any atom is -0.484 e. The normalized spacial score (nSPS) is 9.90. The first-order valence-corrected chi connectivity index (χ1v) is 6.32. The molecule has 0 spiro atoms. The number of methoxy groups -OCH3 is 1. The van der Waals surface area contributed by atoms with E-state index in [0.717, 1.165) is 0 Å². The Morgan fingerprint density at radius 1 is 1.25 bits per heavy atom. The second-order valence-electron chi connectivity index (χ2n) is 4.35. The molecule has 1 amide bonds. The van der Waals surface area contributed by atoms with Gasteiger partial charge in [-0.15, -0.1) is 0 Å². The standard InChI is InChI=1S/C14H20N2O4/c1-16(9-3-4-14(18)19-2)13(17)10-20-12-7-5-11(15)6-8-12/h5-8H,3-4,9-10,15H2,1-2H3. The summed E-state index contributed by atoms with van der Waals surface area (Å²) in [7, 11) is 3.02. The molecule has 0 unspecified atom stereocenters. The molecule has 0 fully saturated rings. The molecular formula is C14H20N2O4. The number of hydrogen-bond acceptors (Lipinski definition) is 5. The summed E-state index contributed by atoms with van der Waals surface area (Å²) in [6.07, 6.45) is 0.865. The Labute approximate surface area is 118 Å². The third-order valence-electron chi connectivity index (χ3n) is 2.77. The van der Waals surface area contributed by atoms with Crippen LogP contribution < -0.4 is 10.5 Å². The van der Waals surface area contributed by atoms with Gasteiger partial charge in [-0.25, -0.2) is 0 Å². The van der Waals surface area contributed by atoms with Gasteiger partial charge in [0, 0.05) is 25.7 Å². The van der Waals surface area contributed by atoms with Crippen LogP contribution in [-0.2, 0) is 14.3 Å². The van der Waals surface area contributed by atoms with Gasteiger partial charge in [0.05, 0.1) is 7.11 Å². The molecule has 1 aromatic rings. The Kier molecular flexibility index (Phi) is 6.36. The summed E-state index contributed by atoms with van der Waals surface area (Å²) >= 11 is 0. The van der Waals surface area contributed by atoms with Gasteiger partial charge in [0.1, 0.15) is 5.75 Å². The number of amides is 1. The molecule has 0 saturated heterocycles. The Bertz CT molecular complexity index is 445. The molecule has 0 atom stereocenters. The van der Waals surface area contributed by atoms with Gasteiger partial charge in [0.25, 0.3) is 5.91 Å². The predicted octanol–water partition coefficient (Wildman–Crippen LogP) is 1.06. The molecule has 110 valence electrons. The van der Waals surface area contributed by atoms with Crippen molar-refractivity contribution in [2.24, 2.45) is 0 Å². The lowest BCUT2D eigenvalue weighted by Crippen LogP contribution is -2.32. The van der Waals surface area contributed by atoms with Crippen LogP contribution in [0, 0.1) is 0 Å². The highest BCUT2D eigenvalue weighted by atomic mass is 16.5. The van der Waals surface area contributed by atoms with E-state index in [1.807, 2.05) is 0 Å². The van der Waals surface area contributed by atoms with Gasteiger partial charge in [-0.05, 0) is 30.7 Å². The van der Waals surface area contributed by atoms with Crippen LogP contribution in [0.2, 0.25) is 0 Å². The maximum absolute atomic E-state index is 11.8. The van der Waals surface area contributed by atoms with Crippen LogP contribution >= 0.6 is 0 Å². The van der Waals surface area contributed by atoms with Gasteiger partial charge in [-0.1, -0.05) is 0 Å². The second kappa shape index (κ2) is 8.04. The smallest absolute Gasteiger partial charge is 0.305 e. The number of ether oxygens (including phenoxy) is 2. The molecule has 20 heavy (non-hydrogen) atoms. The number of carbonyl (C=O) groups is 2. The van der Waals surface area contributed by atoms with Crippen molar-refractivity contribution in [2.45, 2.75) is 12.8 Å². The zero-order chi connectivity index (χ0) is 15.0. The summed E-state index contributed by atoms with van der Waals surface area (Å²) in [6.45, 7) is 0.442. The predicted molar refractivity (Wildman–Crippen MR) is 75.2 cm³/mol. The minimum atomic E-state index is -0.274. The van der Waals surface area contributed by atoms with Gasteiger partial charge in [0.15, 0.2) is 6.61 Å². The molecule has 0 aliphatic rings. The first-order valence-electron chi connectivity index (χ1n) is 6.32. The topological polar surface area (TPSA) is 81.9 Å². The van der Waals surface area contributed by atoms with E-state index in [1.165, 1.54) is 12.0 Å². The number of nitrogens with two attached hydrogens (primary N) is 1. The number of anilines is 1. The summed E-state index contributed by atoms with van der Waals surface area (Å²) < 4.78 is 9.88. The van der Waals surface area contributed by atoms with Crippen LogP contribution in [0.1, 0.15) is 12.8 Å². The fourth-order valence-corrected chi connectivity index (χ4v) is 1.51. The Morgan fingerprint density at radius 3 is 2.50 bits per heavy atom. The Balaban J connectivity index is 2.27. The van der Waals surface area contributed by atoms with Gasteiger partial charge in [0.2, 0.25) is 0 Å². The van der Waals surface area contributed by atoms with Crippen LogP contribution in [-0.4, -0.2) is 44.1 Å². The molecule has 0 radical (unpaired) electrons. The van der Waals surface area contributed by atoms with Crippen LogP contribution in [0.15, 0.2) is 24.3 Å².